The Morgan fingerprint density at radius 1 is 1.03 bits per heavy atom. The lowest BCUT2D eigenvalue weighted by atomic mass is 10.0. The molecule has 1 N–H and O–H groups in total. The van der Waals surface area contributed by atoms with Crippen molar-refractivity contribution in [3.63, 3.8) is 0 Å². The van der Waals surface area contributed by atoms with Crippen LogP contribution >= 0.6 is 11.3 Å². The SMILES string of the molecule is CCOC(=O)c1c(-c2ccc(OC)c(OC)c2)csc1NC(=O)CN(C)CC(=O)N(C)C. The van der Waals surface area contributed by atoms with Gasteiger partial charge in [0.1, 0.15) is 10.6 Å². The molecule has 2 amide bonds. The second-order valence-electron chi connectivity index (χ2n) is 7.15. The van der Waals surface area contributed by atoms with E-state index in [1.165, 1.54) is 23.3 Å². The summed E-state index contributed by atoms with van der Waals surface area (Å²) in [6.07, 6.45) is 0. The normalized spacial score (nSPS) is 10.6. The minimum absolute atomic E-state index is 0.00849. The van der Waals surface area contributed by atoms with E-state index in [0.717, 1.165) is 5.56 Å². The Bertz CT molecular complexity index is 973. The number of carbonyl (C=O) groups excluding carboxylic acids is 3. The van der Waals surface area contributed by atoms with Crippen LogP contribution in [-0.2, 0) is 14.3 Å². The Labute approximate surface area is 191 Å². The zero-order chi connectivity index (χ0) is 23.8. The number of nitrogens with zero attached hydrogens (tertiary/aromatic N) is 2. The first-order chi connectivity index (χ1) is 15.2. The van der Waals surface area contributed by atoms with Crippen molar-refractivity contribution in [3.8, 4) is 22.6 Å². The second kappa shape index (κ2) is 11.5. The highest BCUT2D eigenvalue weighted by Crippen LogP contribution is 2.39. The van der Waals surface area contributed by atoms with Crippen LogP contribution in [0.3, 0.4) is 0 Å². The number of anilines is 1. The Morgan fingerprint density at radius 2 is 1.72 bits per heavy atom. The number of likely N-dealkylation sites (N-methyl/N-ethyl adjacent to an activating group) is 2. The molecule has 0 radical (unpaired) electrons. The number of esters is 1. The third-order valence-electron chi connectivity index (χ3n) is 4.54. The van der Waals surface area contributed by atoms with Crippen LogP contribution in [0.1, 0.15) is 17.3 Å². The number of amides is 2. The second-order valence-corrected chi connectivity index (χ2v) is 8.03. The number of carbonyl (C=O) groups is 3. The summed E-state index contributed by atoms with van der Waals surface area (Å²) in [6.45, 7) is 2.01. The average Bonchev–Trinajstić information content (AvgIpc) is 3.16. The van der Waals surface area contributed by atoms with Crippen molar-refractivity contribution in [3.05, 3.63) is 29.1 Å². The molecule has 0 bridgehead atoms. The van der Waals surface area contributed by atoms with Crippen LogP contribution in [0.25, 0.3) is 11.1 Å². The Balaban J connectivity index is 2.31. The summed E-state index contributed by atoms with van der Waals surface area (Å²) in [7, 11) is 8.07. The van der Waals surface area contributed by atoms with E-state index in [1.54, 1.807) is 63.7 Å². The molecule has 174 valence electrons. The first-order valence-electron chi connectivity index (χ1n) is 9.91. The van der Waals surface area contributed by atoms with Gasteiger partial charge in [-0.15, -0.1) is 11.3 Å². The monoisotopic (exact) mass is 463 g/mol. The molecule has 1 aromatic heterocycles. The van der Waals surface area contributed by atoms with Gasteiger partial charge in [-0.2, -0.15) is 0 Å². The van der Waals surface area contributed by atoms with Gasteiger partial charge < -0.3 is 24.4 Å². The molecule has 0 aliphatic rings. The van der Waals surface area contributed by atoms with Crippen LogP contribution in [0.15, 0.2) is 23.6 Å². The number of methoxy groups -OCH3 is 2. The Hall–Kier alpha value is -3.11. The maximum Gasteiger partial charge on any atom is 0.341 e. The minimum Gasteiger partial charge on any atom is -0.493 e. The molecule has 2 rings (SSSR count). The van der Waals surface area contributed by atoms with E-state index in [-0.39, 0.29) is 37.1 Å². The van der Waals surface area contributed by atoms with Crippen molar-refractivity contribution in [2.24, 2.45) is 0 Å². The highest BCUT2D eigenvalue weighted by atomic mass is 32.1. The van der Waals surface area contributed by atoms with Gasteiger partial charge in [0, 0.05) is 25.0 Å². The van der Waals surface area contributed by atoms with E-state index < -0.39 is 5.97 Å². The first-order valence-corrected chi connectivity index (χ1v) is 10.8. The lowest BCUT2D eigenvalue weighted by molar-refractivity contribution is -0.130. The number of hydrogen-bond acceptors (Lipinski definition) is 8. The number of thiophene rings is 1. The molecule has 1 aromatic carbocycles. The molecule has 9 nitrogen and oxygen atoms in total. The van der Waals surface area contributed by atoms with E-state index in [1.807, 2.05) is 0 Å². The summed E-state index contributed by atoms with van der Waals surface area (Å²) < 4.78 is 15.9. The third kappa shape index (κ3) is 6.21. The molecule has 0 aliphatic carbocycles. The fourth-order valence-electron chi connectivity index (χ4n) is 2.91. The fraction of sp³-hybridized carbons (Fsp3) is 0.409. The van der Waals surface area contributed by atoms with E-state index in [9.17, 15) is 14.4 Å². The number of benzene rings is 1. The molecule has 2 aromatic rings. The van der Waals surface area contributed by atoms with Gasteiger partial charge in [0.05, 0.1) is 33.9 Å². The van der Waals surface area contributed by atoms with Gasteiger partial charge in [-0.25, -0.2) is 4.79 Å². The molecule has 0 spiro atoms. The summed E-state index contributed by atoms with van der Waals surface area (Å²) in [6, 6.07) is 5.31. The molecule has 0 fully saturated rings. The van der Waals surface area contributed by atoms with E-state index in [0.29, 0.717) is 22.1 Å². The zero-order valence-electron chi connectivity index (χ0n) is 19.2. The summed E-state index contributed by atoms with van der Waals surface area (Å²) in [5.41, 5.74) is 1.60. The predicted molar refractivity (Wildman–Crippen MR) is 124 cm³/mol. The molecular formula is C22H29N3O6S. The third-order valence-corrected chi connectivity index (χ3v) is 5.43. The van der Waals surface area contributed by atoms with E-state index in [4.69, 9.17) is 14.2 Å². The highest BCUT2D eigenvalue weighted by Gasteiger charge is 2.24. The van der Waals surface area contributed by atoms with Crippen LogP contribution in [0.4, 0.5) is 5.00 Å². The maximum absolute atomic E-state index is 12.7. The molecule has 1 heterocycles. The van der Waals surface area contributed by atoms with Crippen LogP contribution in [0, 0.1) is 0 Å². The number of rotatable bonds is 10. The zero-order valence-corrected chi connectivity index (χ0v) is 20.0. The van der Waals surface area contributed by atoms with Gasteiger partial charge in [0.15, 0.2) is 11.5 Å². The molecule has 32 heavy (non-hydrogen) atoms. The smallest absolute Gasteiger partial charge is 0.341 e. The standard InChI is InChI=1S/C22H29N3O6S/c1-7-31-22(28)20-15(14-8-9-16(29-5)17(10-14)30-6)13-32-21(20)23-18(26)11-25(4)12-19(27)24(2)3/h8-10,13H,7,11-12H2,1-6H3,(H,23,26). The number of hydrogen-bond donors (Lipinski definition) is 1. The van der Waals surface area contributed by atoms with Crippen molar-refractivity contribution < 1.29 is 28.6 Å². The molecule has 10 heteroatoms. The molecule has 0 atom stereocenters. The summed E-state index contributed by atoms with van der Waals surface area (Å²) >= 11 is 1.22. The van der Waals surface area contributed by atoms with Crippen molar-refractivity contribution in [2.45, 2.75) is 6.92 Å². The molecule has 0 saturated carbocycles. The molecule has 0 unspecified atom stereocenters. The molecule has 0 saturated heterocycles. The van der Waals surface area contributed by atoms with E-state index in [2.05, 4.69) is 5.32 Å². The van der Waals surface area contributed by atoms with Crippen molar-refractivity contribution in [1.29, 1.82) is 0 Å². The Kier molecular flexibility index (Phi) is 9.03. The quantitative estimate of drug-likeness (QED) is 0.541. The Morgan fingerprint density at radius 3 is 2.31 bits per heavy atom. The predicted octanol–water partition coefficient (Wildman–Crippen LogP) is 2.57. The maximum atomic E-state index is 12.7. The summed E-state index contributed by atoms with van der Waals surface area (Å²) in [5.74, 6) is 0.0893. The van der Waals surface area contributed by atoms with Gasteiger partial charge in [0.25, 0.3) is 0 Å². The molecule has 0 aliphatic heterocycles. The van der Waals surface area contributed by atoms with Crippen molar-refractivity contribution >= 4 is 34.1 Å². The minimum atomic E-state index is -0.537. The van der Waals surface area contributed by atoms with Crippen molar-refractivity contribution in [2.75, 3.05) is 60.4 Å². The number of nitrogens with one attached hydrogen (secondary N) is 1. The first kappa shape index (κ1) is 25.2. The lowest BCUT2D eigenvalue weighted by Gasteiger charge is -2.18. The van der Waals surface area contributed by atoms with E-state index >= 15 is 0 Å². The summed E-state index contributed by atoms with van der Waals surface area (Å²) in [5, 5.41) is 4.94. The topological polar surface area (TPSA) is 97.4 Å². The van der Waals surface area contributed by atoms with Gasteiger partial charge in [-0.3, -0.25) is 14.5 Å². The lowest BCUT2D eigenvalue weighted by Crippen LogP contribution is -2.38. The summed E-state index contributed by atoms with van der Waals surface area (Å²) in [4.78, 5) is 40.2. The van der Waals surface area contributed by atoms with Crippen LogP contribution in [-0.4, -0.2) is 82.6 Å². The van der Waals surface area contributed by atoms with Gasteiger partial charge in [-0.1, -0.05) is 6.07 Å². The van der Waals surface area contributed by atoms with Gasteiger partial charge >= 0.3 is 5.97 Å². The van der Waals surface area contributed by atoms with Crippen LogP contribution < -0.4 is 14.8 Å². The fourth-order valence-corrected chi connectivity index (χ4v) is 3.89. The molecular weight excluding hydrogens is 434 g/mol. The van der Waals surface area contributed by atoms with Crippen molar-refractivity contribution in [1.82, 2.24) is 9.80 Å². The van der Waals surface area contributed by atoms with Crippen LogP contribution in [0.2, 0.25) is 0 Å². The largest absolute Gasteiger partial charge is 0.493 e. The highest BCUT2D eigenvalue weighted by molar-refractivity contribution is 7.15. The number of ether oxygens (including phenoxy) is 3. The average molecular weight is 464 g/mol. The van der Waals surface area contributed by atoms with Gasteiger partial charge in [-0.05, 0) is 31.7 Å². The van der Waals surface area contributed by atoms with Gasteiger partial charge in [0.2, 0.25) is 11.8 Å². The van der Waals surface area contributed by atoms with Crippen LogP contribution in [0.5, 0.6) is 11.5 Å².